The van der Waals surface area contributed by atoms with Crippen molar-refractivity contribution >= 4 is 56.1 Å². The summed E-state index contributed by atoms with van der Waals surface area (Å²) in [5, 5.41) is 2.18. The number of benzene rings is 9. The predicted octanol–water partition coefficient (Wildman–Crippen LogP) is 16.2. The van der Waals surface area contributed by atoms with Crippen molar-refractivity contribution in [3.63, 3.8) is 0 Å². The number of para-hydroxylation sites is 3. The number of rotatable bonds is 8. The second-order valence-corrected chi connectivity index (χ2v) is 16.1. The standard InChI is InChI=1S/C57H42N2O/c1-57(2)52-27-14-12-25-48(52)49-34-33-46(38-53(49)57)58(42-20-8-4-9-21-42)44-31-29-40(30-32-44)47-35-36-51-50-26-13-15-28-54(50)60-56(51)55(47)59(43-22-10-5-11-23-43)45-24-16-19-41(37-45)39-17-6-3-7-18-39/h3-38H,1-2H3. The largest absolute Gasteiger partial charge is 0.454 e. The molecule has 0 unspecified atom stereocenters. The van der Waals surface area contributed by atoms with Crippen molar-refractivity contribution in [2.75, 3.05) is 9.80 Å². The van der Waals surface area contributed by atoms with Gasteiger partial charge in [-0.1, -0.05) is 159 Å². The molecule has 0 amide bonds. The lowest BCUT2D eigenvalue weighted by atomic mass is 9.82. The molecule has 60 heavy (non-hydrogen) atoms. The van der Waals surface area contributed by atoms with Gasteiger partial charge in [0.05, 0.1) is 5.69 Å². The molecule has 1 aromatic heterocycles. The van der Waals surface area contributed by atoms with E-state index < -0.39 is 0 Å². The minimum absolute atomic E-state index is 0.106. The molecule has 0 saturated heterocycles. The van der Waals surface area contributed by atoms with Gasteiger partial charge >= 0.3 is 0 Å². The zero-order chi connectivity index (χ0) is 40.2. The van der Waals surface area contributed by atoms with Crippen LogP contribution in [0.1, 0.15) is 25.0 Å². The Morgan fingerprint density at radius 1 is 0.350 bits per heavy atom. The third-order valence-corrected chi connectivity index (χ3v) is 12.2. The molecule has 3 heteroatoms. The topological polar surface area (TPSA) is 19.6 Å². The first-order valence-corrected chi connectivity index (χ1v) is 20.7. The molecule has 11 rings (SSSR count). The van der Waals surface area contributed by atoms with Crippen molar-refractivity contribution in [1.29, 1.82) is 0 Å². The molecule has 0 bridgehead atoms. The van der Waals surface area contributed by atoms with Crippen LogP contribution in [0.2, 0.25) is 0 Å². The first-order valence-electron chi connectivity index (χ1n) is 20.7. The first-order chi connectivity index (χ1) is 29.5. The van der Waals surface area contributed by atoms with Gasteiger partial charge < -0.3 is 14.2 Å². The molecule has 0 N–H and O–H groups in total. The molecule has 0 radical (unpaired) electrons. The van der Waals surface area contributed by atoms with Crippen molar-refractivity contribution in [2.24, 2.45) is 0 Å². The van der Waals surface area contributed by atoms with Crippen molar-refractivity contribution in [2.45, 2.75) is 19.3 Å². The van der Waals surface area contributed by atoms with Crippen LogP contribution in [0.3, 0.4) is 0 Å². The third-order valence-electron chi connectivity index (χ3n) is 12.2. The molecule has 0 saturated carbocycles. The molecule has 0 fully saturated rings. The van der Waals surface area contributed by atoms with E-state index in [4.69, 9.17) is 4.42 Å². The second-order valence-electron chi connectivity index (χ2n) is 16.1. The van der Waals surface area contributed by atoms with Crippen LogP contribution in [-0.4, -0.2) is 0 Å². The summed E-state index contributed by atoms with van der Waals surface area (Å²) in [4.78, 5) is 4.73. The summed E-state index contributed by atoms with van der Waals surface area (Å²) in [6.07, 6.45) is 0. The van der Waals surface area contributed by atoms with Crippen molar-refractivity contribution in [3.05, 3.63) is 230 Å². The summed E-state index contributed by atoms with van der Waals surface area (Å²) in [5.74, 6) is 0. The molecule has 9 aromatic carbocycles. The van der Waals surface area contributed by atoms with Crippen LogP contribution in [0.5, 0.6) is 0 Å². The molecule has 286 valence electrons. The molecule has 1 aliphatic rings. The number of hydrogen-bond acceptors (Lipinski definition) is 3. The Kier molecular flexibility index (Phi) is 8.49. The van der Waals surface area contributed by atoms with Gasteiger partial charge in [0.25, 0.3) is 0 Å². The fraction of sp³-hybridized carbons (Fsp3) is 0.0526. The first kappa shape index (κ1) is 35.5. The quantitative estimate of drug-likeness (QED) is 0.153. The van der Waals surface area contributed by atoms with E-state index in [9.17, 15) is 0 Å². The van der Waals surface area contributed by atoms with E-state index in [-0.39, 0.29) is 5.41 Å². The number of anilines is 6. The smallest absolute Gasteiger partial charge is 0.160 e. The second kappa shape index (κ2) is 14.3. The lowest BCUT2D eigenvalue weighted by molar-refractivity contribution is 0.660. The average molecular weight is 771 g/mol. The predicted molar refractivity (Wildman–Crippen MR) is 252 cm³/mol. The van der Waals surface area contributed by atoms with Gasteiger partial charge in [-0.2, -0.15) is 0 Å². The van der Waals surface area contributed by atoms with Gasteiger partial charge in [0, 0.05) is 50.2 Å². The van der Waals surface area contributed by atoms with Gasteiger partial charge in [0.15, 0.2) is 5.58 Å². The maximum Gasteiger partial charge on any atom is 0.160 e. The summed E-state index contributed by atoms with van der Waals surface area (Å²) in [7, 11) is 0. The van der Waals surface area contributed by atoms with Gasteiger partial charge in [-0.3, -0.25) is 0 Å². The van der Waals surface area contributed by atoms with E-state index in [0.717, 1.165) is 72.8 Å². The Morgan fingerprint density at radius 3 is 1.67 bits per heavy atom. The Labute approximate surface area is 351 Å². The highest BCUT2D eigenvalue weighted by Crippen LogP contribution is 2.52. The van der Waals surface area contributed by atoms with Crippen molar-refractivity contribution < 1.29 is 4.42 Å². The number of furan rings is 1. The third kappa shape index (κ3) is 5.89. The molecule has 1 heterocycles. The zero-order valence-electron chi connectivity index (χ0n) is 33.6. The molecule has 10 aromatic rings. The minimum Gasteiger partial charge on any atom is -0.454 e. The average Bonchev–Trinajstić information content (AvgIpc) is 3.80. The molecule has 0 atom stereocenters. The molecule has 0 spiro atoms. The Bertz CT molecular complexity index is 3170. The van der Waals surface area contributed by atoms with E-state index in [1.807, 2.05) is 6.07 Å². The van der Waals surface area contributed by atoms with Crippen molar-refractivity contribution in [3.8, 4) is 33.4 Å². The van der Waals surface area contributed by atoms with Gasteiger partial charge in [-0.05, 0) is 112 Å². The van der Waals surface area contributed by atoms with Gasteiger partial charge in [-0.25, -0.2) is 0 Å². The summed E-state index contributed by atoms with van der Waals surface area (Å²) in [5.41, 5.74) is 17.9. The highest BCUT2D eigenvalue weighted by molar-refractivity contribution is 6.13. The zero-order valence-corrected chi connectivity index (χ0v) is 33.6. The van der Waals surface area contributed by atoms with Gasteiger partial charge in [0.1, 0.15) is 5.58 Å². The number of nitrogens with zero attached hydrogens (tertiary/aromatic N) is 2. The van der Waals surface area contributed by atoms with Crippen LogP contribution >= 0.6 is 0 Å². The molecule has 0 aliphatic heterocycles. The lowest BCUT2D eigenvalue weighted by Crippen LogP contribution is -2.16. The van der Waals surface area contributed by atoms with Crippen LogP contribution in [0, 0.1) is 0 Å². The lowest BCUT2D eigenvalue weighted by Gasteiger charge is -2.29. The molecular formula is C57H42N2O. The maximum atomic E-state index is 6.89. The maximum absolute atomic E-state index is 6.89. The minimum atomic E-state index is -0.106. The summed E-state index contributed by atoms with van der Waals surface area (Å²) >= 11 is 0. The highest BCUT2D eigenvalue weighted by Gasteiger charge is 2.36. The Balaban J connectivity index is 1.08. The Morgan fingerprint density at radius 2 is 0.900 bits per heavy atom. The Hall–Kier alpha value is -7.62. The molecule has 3 nitrogen and oxygen atoms in total. The van der Waals surface area contributed by atoms with Gasteiger partial charge in [0.2, 0.25) is 0 Å². The highest BCUT2D eigenvalue weighted by atomic mass is 16.3. The van der Waals surface area contributed by atoms with E-state index in [2.05, 4.69) is 236 Å². The number of hydrogen-bond donors (Lipinski definition) is 0. The summed E-state index contributed by atoms with van der Waals surface area (Å²) in [6, 6.07) is 78.4. The fourth-order valence-corrected chi connectivity index (χ4v) is 9.31. The molecular weight excluding hydrogens is 729 g/mol. The van der Waals surface area contributed by atoms with Crippen LogP contribution in [0.4, 0.5) is 34.1 Å². The van der Waals surface area contributed by atoms with Gasteiger partial charge in [-0.15, -0.1) is 0 Å². The fourth-order valence-electron chi connectivity index (χ4n) is 9.31. The van der Waals surface area contributed by atoms with E-state index in [1.54, 1.807) is 0 Å². The van der Waals surface area contributed by atoms with Crippen LogP contribution in [-0.2, 0) is 5.41 Å². The number of fused-ring (bicyclic) bond motifs is 6. The van der Waals surface area contributed by atoms with Crippen LogP contribution in [0.15, 0.2) is 223 Å². The van der Waals surface area contributed by atoms with Crippen molar-refractivity contribution in [1.82, 2.24) is 0 Å². The monoisotopic (exact) mass is 770 g/mol. The normalized spacial score (nSPS) is 12.6. The van der Waals surface area contributed by atoms with E-state index in [0.29, 0.717) is 0 Å². The SMILES string of the molecule is CC1(C)c2ccccc2-c2ccc(N(c3ccccc3)c3ccc(-c4ccc5c(oc6ccccc65)c4N(c4ccccc4)c4cccc(-c5ccccc5)c4)cc3)cc21. The van der Waals surface area contributed by atoms with E-state index in [1.165, 1.54) is 27.8 Å². The summed E-state index contributed by atoms with van der Waals surface area (Å²) < 4.78 is 6.89. The molecule has 1 aliphatic carbocycles. The van der Waals surface area contributed by atoms with E-state index >= 15 is 0 Å². The van der Waals surface area contributed by atoms with Crippen LogP contribution < -0.4 is 9.80 Å². The van der Waals surface area contributed by atoms with Crippen LogP contribution in [0.25, 0.3) is 55.3 Å². The summed E-state index contributed by atoms with van der Waals surface area (Å²) in [6.45, 7) is 4.69.